The van der Waals surface area contributed by atoms with Gasteiger partial charge in [-0.05, 0) is 13.0 Å². The molecule has 0 unspecified atom stereocenters. The Kier molecular flexibility index (Phi) is 2.49. The van der Waals surface area contributed by atoms with Crippen LogP contribution in [0, 0.1) is 5.92 Å². The second-order valence-corrected chi connectivity index (χ2v) is 3.52. The molecule has 1 aromatic rings. The van der Waals surface area contributed by atoms with Crippen LogP contribution in [-0.2, 0) is 11.8 Å². The Morgan fingerprint density at radius 2 is 2.64 bits per heavy atom. The maximum atomic E-state index is 11.7. The summed E-state index contributed by atoms with van der Waals surface area (Å²) in [5, 5.41) is 10.0. The number of rotatable bonds is 2. The molecule has 2 heterocycles. The van der Waals surface area contributed by atoms with Crippen LogP contribution in [0.4, 0.5) is 5.82 Å². The lowest BCUT2D eigenvalue weighted by Crippen LogP contribution is -2.25. The lowest BCUT2D eigenvalue weighted by Gasteiger charge is -2.09. The van der Waals surface area contributed by atoms with Crippen LogP contribution in [0.3, 0.4) is 0 Å². The molecular formula is C9H14N4O. The Labute approximate surface area is 82.5 Å². The first kappa shape index (κ1) is 9.21. The van der Waals surface area contributed by atoms with Gasteiger partial charge in [-0.3, -0.25) is 9.48 Å². The number of anilines is 1. The van der Waals surface area contributed by atoms with Crippen molar-refractivity contribution < 1.29 is 4.79 Å². The zero-order valence-electron chi connectivity index (χ0n) is 8.16. The van der Waals surface area contributed by atoms with Crippen molar-refractivity contribution >= 4 is 11.7 Å². The zero-order chi connectivity index (χ0) is 9.97. The number of hydrogen-bond donors (Lipinski definition) is 2. The van der Waals surface area contributed by atoms with E-state index in [4.69, 9.17) is 0 Å². The molecule has 76 valence electrons. The number of carbonyl (C=O) groups is 1. The lowest BCUT2D eigenvalue weighted by atomic mass is 10.1. The van der Waals surface area contributed by atoms with Gasteiger partial charge in [0.05, 0.1) is 12.1 Å². The summed E-state index contributed by atoms with van der Waals surface area (Å²) >= 11 is 0. The van der Waals surface area contributed by atoms with Gasteiger partial charge >= 0.3 is 0 Å². The fraction of sp³-hybridized carbons (Fsp3) is 0.556. The van der Waals surface area contributed by atoms with E-state index in [1.165, 1.54) is 0 Å². The third-order valence-electron chi connectivity index (χ3n) is 2.50. The summed E-state index contributed by atoms with van der Waals surface area (Å²) in [5.41, 5.74) is 0. The zero-order valence-corrected chi connectivity index (χ0v) is 8.16. The molecule has 1 atom stereocenters. The fourth-order valence-electron chi connectivity index (χ4n) is 1.60. The van der Waals surface area contributed by atoms with Gasteiger partial charge in [0.2, 0.25) is 5.91 Å². The van der Waals surface area contributed by atoms with Crippen molar-refractivity contribution in [3.05, 3.63) is 12.3 Å². The van der Waals surface area contributed by atoms with Gasteiger partial charge < -0.3 is 10.6 Å². The van der Waals surface area contributed by atoms with Crippen LogP contribution in [0.25, 0.3) is 0 Å². The molecule has 1 aromatic heterocycles. The van der Waals surface area contributed by atoms with Crippen molar-refractivity contribution in [2.24, 2.45) is 13.0 Å². The number of aromatic nitrogens is 2. The van der Waals surface area contributed by atoms with E-state index < -0.39 is 0 Å². The van der Waals surface area contributed by atoms with Gasteiger partial charge in [0.25, 0.3) is 0 Å². The van der Waals surface area contributed by atoms with Crippen LogP contribution in [0.2, 0.25) is 0 Å². The second kappa shape index (κ2) is 3.79. The Morgan fingerprint density at radius 1 is 1.79 bits per heavy atom. The Hall–Kier alpha value is -1.36. The van der Waals surface area contributed by atoms with Crippen molar-refractivity contribution in [2.45, 2.75) is 6.42 Å². The second-order valence-electron chi connectivity index (χ2n) is 3.52. The molecule has 5 heteroatoms. The minimum atomic E-state index is 0.0820. The van der Waals surface area contributed by atoms with Crippen molar-refractivity contribution in [2.75, 3.05) is 18.4 Å². The highest BCUT2D eigenvalue weighted by Crippen LogP contribution is 2.11. The van der Waals surface area contributed by atoms with Gasteiger partial charge in [-0.15, -0.1) is 0 Å². The third kappa shape index (κ3) is 1.77. The molecule has 0 radical (unpaired) electrons. The van der Waals surface area contributed by atoms with Crippen LogP contribution in [0.15, 0.2) is 12.3 Å². The predicted octanol–water partition coefficient (Wildman–Crippen LogP) is -0.0319. The van der Waals surface area contributed by atoms with Crippen LogP contribution < -0.4 is 10.6 Å². The molecule has 0 aliphatic carbocycles. The van der Waals surface area contributed by atoms with E-state index >= 15 is 0 Å². The van der Waals surface area contributed by atoms with Crippen molar-refractivity contribution in [1.29, 1.82) is 0 Å². The maximum Gasteiger partial charge on any atom is 0.229 e. The van der Waals surface area contributed by atoms with E-state index in [1.807, 2.05) is 7.05 Å². The molecule has 1 fully saturated rings. The summed E-state index contributed by atoms with van der Waals surface area (Å²) in [7, 11) is 1.81. The highest BCUT2D eigenvalue weighted by Gasteiger charge is 2.22. The summed E-state index contributed by atoms with van der Waals surface area (Å²) in [6, 6.07) is 1.79. The standard InChI is InChI=1S/C9H14N4O/c1-13-8(3-5-11-13)12-9(14)7-2-4-10-6-7/h3,5,7,10H,2,4,6H2,1H3,(H,12,14)/t7-/m1/s1. The first-order valence-electron chi connectivity index (χ1n) is 4.77. The highest BCUT2D eigenvalue weighted by atomic mass is 16.2. The number of nitrogens with one attached hydrogen (secondary N) is 2. The molecule has 0 bridgehead atoms. The van der Waals surface area contributed by atoms with Crippen LogP contribution in [0.5, 0.6) is 0 Å². The Balaban J connectivity index is 1.97. The summed E-state index contributed by atoms with van der Waals surface area (Å²) < 4.78 is 1.65. The topological polar surface area (TPSA) is 59.0 Å². The van der Waals surface area contributed by atoms with Gasteiger partial charge in [-0.25, -0.2) is 0 Å². The summed E-state index contributed by atoms with van der Waals surface area (Å²) in [6.07, 6.45) is 2.59. The smallest absolute Gasteiger partial charge is 0.229 e. The first-order valence-corrected chi connectivity index (χ1v) is 4.77. The quantitative estimate of drug-likeness (QED) is 0.695. The molecule has 1 aliphatic heterocycles. The lowest BCUT2D eigenvalue weighted by molar-refractivity contribution is -0.119. The molecule has 0 saturated carbocycles. The average molecular weight is 194 g/mol. The van der Waals surface area contributed by atoms with E-state index in [0.29, 0.717) is 0 Å². The van der Waals surface area contributed by atoms with E-state index in [0.717, 1.165) is 25.3 Å². The van der Waals surface area contributed by atoms with Gasteiger partial charge in [-0.2, -0.15) is 5.10 Å². The molecule has 2 N–H and O–H groups in total. The third-order valence-corrected chi connectivity index (χ3v) is 2.50. The first-order chi connectivity index (χ1) is 6.77. The van der Waals surface area contributed by atoms with Crippen LogP contribution in [0.1, 0.15) is 6.42 Å². The molecule has 0 aromatic carbocycles. The van der Waals surface area contributed by atoms with Crippen LogP contribution >= 0.6 is 0 Å². The highest BCUT2D eigenvalue weighted by molar-refractivity contribution is 5.92. The van der Waals surface area contributed by atoms with E-state index in [2.05, 4.69) is 15.7 Å². The van der Waals surface area contributed by atoms with E-state index in [9.17, 15) is 4.79 Å². The Bertz CT molecular complexity index is 327. The van der Waals surface area contributed by atoms with E-state index in [-0.39, 0.29) is 11.8 Å². The summed E-state index contributed by atoms with van der Waals surface area (Å²) in [5.74, 6) is 0.936. The summed E-state index contributed by atoms with van der Waals surface area (Å²) in [4.78, 5) is 11.7. The van der Waals surface area contributed by atoms with Gasteiger partial charge in [0.15, 0.2) is 0 Å². The van der Waals surface area contributed by atoms with Gasteiger partial charge in [0.1, 0.15) is 5.82 Å². The maximum absolute atomic E-state index is 11.7. The number of amides is 1. The minimum absolute atomic E-state index is 0.0820. The largest absolute Gasteiger partial charge is 0.316 e. The minimum Gasteiger partial charge on any atom is -0.316 e. The van der Waals surface area contributed by atoms with Crippen LogP contribution in [-0.4, -0.2) is 28.8 Å². The molecule has 1 saturated heterocycles. The molecular weight excluding hydrogens is 180 g/mol. The normalized spacial score (nSPS) is 21.1. The molecule has 2 rings (SSSR count). The number of hydrogen-bond acceptors (Lipinski definition) is 3. The van der Waals surface area contributed by atoms with Crippen molar-refractivity contribution in [1.82, 2.24) is 15.1 Å². The van der Waals surface area contributed by atoms with Gasteiger partial charge in [0, 0.05) is 19.7 Å². The molecule has 14 heavy (non-hydrogen) atoms. The monoisotopic (exact) mass is 194 g/mol. The number of aryl methyl sites for hydroxylation is 1. The molecule has 1 aliphatic rings. The van der Waals surface area contributed by atoms with Gasteiger partial charge in [-0.1, -0.05) is 0 Å². The molecule has 0 spiro atoms. The predicted molar refractivity (Wildman–Crippen MR) is 52.8 cm³/mol. The average Bonchev–Trinajstić information content (AvgIpc) is 2.77. The molecule has 1 amide bonds. The number of carbonyl (C=O) groups excluding carboxylic acids is 1. The van der Waals surface area contributed by atoms with Crippen molar-refractivity contribution in [3.63, 3.8) is 0 Å². The summed E-state index contributed by atoms with van der Waals surface area (Å²) in [6.45, 7) is 1.72. The van der Waals surface area contributed by atoms with Crippen molar-refractivity contribution in [3.8, 4) is 0 Å². The fourth-order valence-corrected chi connectivity index (χ4v) is 1.60. The Morgan fingerprint density at radius 3 is 3.21 bits per heavy atom. The molecule has 5 nitrogen and oxygen atoms in total. The SMILES string of the molecule is Cn1nccc1NC(=O)[C@@H]1CCNC1. The van der Waals surface area contributed by atoms with E-state index in [1.54, 1.807) is 16.9 Å². The number of nitrogens with zero attached hydrogens (tertiary/aromatic N) is 2.